The van der Waals surface area contributed by atoms with E-state index in [1.54, 1.807) is 20.8 Å². The van der Waals surface area contributed by atoms with Gasteiger partial charge in [0.15, 0.2) is 0 Å². The molecule has 0 saturated carbocycles. The van der Waals surface area contributed by atoms with E-state index in [-0.39, 0.29) is 10.5 Å². The fourth-order valence-electron chi connectivity index (χ4n) is 1.45. The molecule has 1 aromatic carbocycles. The number of hydrogen-bond donors (Lipinski definition) is 1. The number of thiol groups is 1. The molecule has 0 aliphatic carbocycles. The Morgan fingerprint density at radius 1 is 1.26 bits per heavy atom. The maximum atomic E-state index is 12.8. The Kier molecular flexibility index (Phi) is 4.29. The van der Waals surface area contributed by atoms with Gasteiger partial charge in [0.1, 0.15) is 5.60 Å². The topological polar surface area (TPSA) is 26.3 Å². The number of esters is 1. The summed E-state index contributed by atoms with van der Waals surface area (Å²) < 4.78 is 43.4. The molecule has 1 aromatic rings. The minimum absolute atomic E-state index is 0.100. The first-order chi connectivity index (χ1) is 8.42. The second kappa shape index (κ2) is 5.11. The highest BCUT2D eigenvalue weighted by Gasteiger charge is 2.29. The first kappa shape index (κ1) is 16.0. The molecule has 106 valence electrons. The first-order valence-corrected chi connectivity index (χ1v) is 6.13. The van der Waals surface area contributed by atoms with Gasteiger partial charge in [-0.25, -0.2) is 4.79 Å². The molecule has 2 nitrogen and oxygen atoms in total. The lowest BCUT2D eigenvalue weighted by Gasteiger charge is -2.22. The van der Waals surface area contributed by atoms with Gasteiger partial charge < -0.3 is 17.7 Å². The first-order valence-electron chi connectivity index (χ1n) is 5.68. The van der Waals surface area contributed by atoms with E-state index in [0.717, 1.165) is 12.1 Å². The quantitative estimate of drug-likeness (QED) is 0.514. The molecule has 0 aliphatic rings. The number of hydrogen-bond acceptors (Lipinski definition) is 3. The zero-order chi connectivity index (χ0) is 15.0. The van der Waals surface area contributed by atoms with Crippen molar-refractivity contribution in [2.45, 2.75) is 38.2 Å². The predicted molar refractivity (Wildman–Crippen MR) is 72.3 cm³/mol. The number of halogens is 3. The van der Waals surface area contributed by atoms with E-state index < -0.39 is 24.0 Å². The second-order valence-electron chi connectivity index (χ2n) is 5.29. The van der Waals surface area contributed by atoms with Gasteiger partial charge in [0.2, 0.25) is 0 Å². The molecule has 7 heteroatoms. The summed E-state index contributed by atoms with van der Waals surface area (Å²) in [5, 5.41) is 0. The molecule has 19 heavy (non-hydrogen) atoms. The molecule has 0 unspecified atom stereocenters. The van der Waals surface area contributed by atoms with E-state index in [2.05, 4.69) is 12.6 Å². The van der Waals surface area contributed by atoms with Crippen LogP contribution in [0.4, 0.5) is 12.9 Å². The van der Waals surface area contributed by atoms with Crippen molar-refractivity contribution >= 4 is 31.0 Å². The standard InChI is InChI=1S/C12H15BF3O2S/c1-7-9(11(17)18-12(2,3)4)5-8(6-10(7)19)13(14,15)16/h5-6,19H,1-4H3/q-1. The van der Waals surface area contributed by atoms with Crippen molar-refractivity contribution in [3.63, 3.8) is 0 Å². The summed E-state index contributed by atoms with van der Waals surface area (Å²) in [5.41, 5.74) is -1.34. The van der Waals surface area contributed by atoms with E-state index in [1.165, 1.54) is 6.92 Å². The van der Waals surface area contributed by atoms with E-state index in [1.807, 2.05) is 0 Å². The largest absolute Gasteiger partial charge is 0.509 e. The monoisotopic (exact) mass is 291 g/mol. The third-order valence-electron chi connectivity index (χ3n) is 2.40. The van der Waals surface area contributed by atoms with Gasteiger partial charge in [-0.15, -0.1) is 18.1 Å². The molecule has 0 fully saturated rings. The molecule has 0 bridgehead atoms. The molecule has 0 N–H and O–H groups in total. The summed E-state index contributed by atoms with van der Waals surface area (Å²) in [6, 6.07) is 1.75. The van der Waals surface area contributed by atoms with Crippen molar-refractivity contribution in [1.82, 2.24) is 0 Å². The van der Waals surface area contributed by atoms with Crippen LogP contribution in [-0.4, -0.2) is 18.5 Å². The van der Waals surface area contributed by atoms with Gasteiger partial charge in [0.25, 0.3) is 0 Å². The van der Waals surface area contributed by atoms with Gasteiger partial charge in [0, 0.05) is 4.90 Å². The minimum Gasteiger partial charge on any atom is -0.456 e. The summed E-state index contributed by atoms with van der Waals surface area (Å²) in [6.45, 7) is 1.31. The van der Waals surface area contributed by atoms with Crippen molar-refractivity contribution in [3.05, 3.63) is 23.3 Å². The van der Waals surface area contributed by atoms with Gasteiger partial charge in [-0.3, -0.25) is 0 Å². The highest BCUT2D eigenvalue weighted by atomic mass is 32.1. The van der Waals surface area contributed by atoms with Crippen molar-refractivity contribution in [3.8, 4) is 0 Å². The fourth-order valence-corrected chi connectivity index (χ4v) is 1.72. The van der Waals surface area contributed by atoms with Crippen LogP contribution in [0.1, 0.15) is 36.7 Å². The lowest BCUT2D eigenvalue weighted by Crippen LogP contribution is -2.35. The van der Waals surface area contributed by atoms with Crippen LogP contribution in [0, 0.1) is 6.92 Å². The van der Waals surface area contributed by atoms with Crippen molar-refractivity contribution in [1.29, 1.82) is 0 Å². The summed E-state index contributed by atoms with van der Waals surface area (Å²) in [4.78, 5) is 12.0. The molecule has 1 rings (SSSR count). The van der Waals surface area contributed by atoms with Crippen LogP contribution in [0.15, 0.2) is 17.0 Å². The molecule has 0 atom stereocenters. The second-order valence-corrected chi connectivity index (χ2v) is 5.77. The van der Waals surface area contributed by atoms with Gasteiger partial charge in [-0.05, 0) is 33.3 Å². The molecular formula is C12H15BF3O2S-. The zero-order valence-electron chi connectivity index (χ0n) is 11.1. The van der Waals surface area contributed by atoms with Crippen molar-refractivity contribution in [2.24, 2.45) is 0 Å². The van der Waals surface area contributed by atoms with Crippen LogP contribution in [0.25, 0.3) is 0 Å². The molecule has 0 spiro atoms. The number of benzene rings is 1. The number of carbonyl (C=O) groups is 1. The highest BCUT2D eigenvalue weighted by molar-refractivity contribution is 7.80. The van der Waals surface area contributed by atoms with Crippen LogP contribution in [-0.2, 0) is 4.74 Å². The molecule has 0 aliphatic heterocycles. The Bertz CT molecular complexity index is 507. The Labute approximate surface area is 115 Å². The lowest BCUT2D eigenvalue weighted by atomic mass is 9.78. The Morgan fingerprint density at radius 2 is 1.79 bits per heavy atom. The lowest BCUT2D eigenvalue weighted by molar-refractivity contribution is 0.00685. The molecule has 0 saturated heterocycles. The molecule has 0 radical (unpaired) electrons. The Hall–Kier alpha value is -1.11. The predicted octanol–water partition coefficient (Wildman–Crippen LogP) is 3.29. The third-order valence-corrected chi connectivity index (χ3v) is 2.86. The fraction of sp³-hybridized carbons (Fsp3) is 0.417. The van der Waals surface area contributed by atoms with E-state index in [4.69, 9.17) is 4.74 Å². The third kappa shape index (κ3) is 4.19. The van der Waals surface area contributed by atoms with Crippen molar-refractivity contribution < 1.29 is 22.5 Å². The van der Waals surface area contributed by atoms with E-state index in [0.29, 0.717) is 5.56 Å². The van der Waals surface area contributed by atoms with Gasteiger partial charge >= 0.3 is 12.9 Å². The minimum atomic E-state index is -5.18. The zero-order valence-corrected chi connectivity index (χ0v) is 12.0. The number of rotatable bonds is 2. The van der Waals surface area contributed by atoms with Crippen LogP contribution >= 0.6 is 12.6 Å². The molecular weight excluding hydrogens is 276 g/mol. The number of carbonyl (C=O) groups excluding carboxylic acids is 1. The van der Waals surface area contributed by atoms with Crippen molar-refractivity contribution in [2.75, 3.05) is 0 Å². The highest BCUT2D eigenvalue weighted by Crippen LogP contribution is 2.22. The van der Waals surface area contributed by atoms with Crippen LogP contribution < -0.4 is 5.46 Å². The van der Waals surface area contributed by atoms with E-state index in [9.17, 15) is 17.7 Å². The number of ether oxygens (including phenoxy) is 1. The van der Waals surface area contributed by atoms with Gasteiger partial charge in [0.05, 0.1) is 5.56 Å². The van der Waals surface area contributed by atoms with Gasteiger partial charge in [-0.2, -0.15) is 0 Å². The average molecular weight is 291 g/mol. The smallest absolute Gasteiger partial charge is 0.456 e. The summed E-state index contributed by atoms with van der Waals surface area (Å²) in [7, 11) is 0. The summed E-state index contributed by atoms with van der Waals surface area (Å²) in [6.07, 6.45) is 0. The maximum absolute atomic E-state index is 12.8. The molecule has 0 heterocycles. The maximum Gasteiger partial charge on any atom is 0.509 e. The van der Waals surface area contributed by atoms with E-state index >= 15 is 0 Å². The Balaban J connectivity index is 3.28. The van der Waals surface area contributed by atoms with Crippen LogP contribution in [0.5, 0.6) is 0 Å². The Morgan fingerprint density at radius 3 is 2.21 bits per heavy atom. The SMILES string of the molecule is Cc1c(S)cc([B-](F)(F)F)cc1C(=O)OC(C)(C)C. The normalized spacial score (nSPS) is 12.4. The van der Waals surface area contributed by atoms with Crippen LogP contribution in [0.2, 0.25) is 0 Å². The summed E-state index contributed by atoms with van der Waals surface area (Å²) in [5.74, 6) is -0.776. The average Bonchev–Trinajstić information content (AvgIpc) is 2.17. The molecule has 0 aromatic heterocycles. The summed E-state index contributed by atoms with van der Waals surface area (Å²) >= 11 is 3.98. The van der Waals surface area contributed by atoms with Gasteiger partial charge in [-0.1, -0.05) is 12.1 Å². The molecule has 0 amide bonds. The van der Waals surface area contributed by atoms with Crippen LogP contribution in [0.3, 0.4) is 0 Å².